The van der Waals surface area contributed by atoms with Crippen molar-refractivity contribution in [1.29, 1.82) is 0 Å². The van der Waals surface area contributed by atoms with E-state index in [4.69, 9.17) is 0 Å². The second kappa shape index (κ2) is 10.4. The van der Waals surface area contributed by atoms with Crippen LogP contribution >= 0.6 is 0 Å². The Morgan fingerprint density at radius 1 is 0.974 bits per heavy atom. The molecular weight excluding hydrogens is 505 g/mol. The first-order chi connectivity index (χ1) is 18.7. The van der Waals surface area contributed by atoms with E-state index in [1.54, 1.807) is 65.9 Å². The Bertz CT molecular complexity index is 1650. The van der Waals surface area contributed by atoms with Crippen molar-refractivity contribution in [3.8, 4) is 16.9 Å². The van der Waals surface area contributed by atoms with Crippen molar-refractivity contribution in [3.05, 3.63) is 114 Å². The molecule has 0 saturated carbocycles. The van der Waals surface area contributed by atoms with Crippen LogP contribution in [0.25, 0.3) is 16.9 Å². The summed E-state index contributed by atoms with van der Waals surface area (Å²) in [6, 6.07) is 15.7. The Kier molecular flexibility index (Phi) is 6.84. The van der Waals surface area contributed by atoms with Crippen molar-refractivity contribution in [2.45, 2.75) is 20.0 Å². The highest BCUT2D eigenvalue weighted by atomic mass is 19.4. The van der Waals surface area contributed by atoms with Gasteiger partial charge in [0.1, 0.15) is 0 Å². The number of carbonyl (C=O) groups is 1. The van der Waals surface area contributed by atoms with Gasteiger partial charge in [-0.1, -0.05) is 6.07 Å². The minimum absolute atomic E-state index is 0.117. The maximum absolute atomic E-state index is 13.6. The molecule has 0 bridgehead atoms. The van der Waals surface area contributed by atoms with E-state index < -0.39 is 17.6 Å². The van der Waals surface area contributed by atoms with Crippen molar-refractivity contribution in [2.75, 3.05) is 10.6 Å². The largest absolute Gasteiger partial charge is 0.416 e. The Morgan fingerprint density at radius 3 is 2.54 bits per heavy atom. The van der Waals surface area contributed by atoms with Gasteiger partial charge in [-0.25, -0.2) is 9.97 Å². The molecule has 0 fully saturated rings. The standard InChI is InChI=1S/C29H23F3N6O/c1-18-8-11-38(17-18)24-13-21(12-22(14-24)29(30,31)32)27(39)35-23-6-5-19(2)26(15-23)37-28-34-10-7-25(36-28)20-4-3-9-33-16-20/h3-17H,1-2H3,(H,35,39)(H,34,36,37). The van der Waals surface area contributed by atoms with Gasteiger partial charge >= 0.3 is 6.18 Å². The molecule has 0 unspecified atom stereocenters. The third-order valence-corrected chi connectivity index (χ3v) is 6.00. The molecular formula is C29H23F3N6O. The number of amides is 1. The third-order valence-electron chi connectivity index (χ3n) is 6.00. The second-order valence-corrected chi connectivity index (χ2v) is 8.98. The van der Waals surface area contributed by atoms with Crippen LogP contribution in [-0.2, 0) is 6.18 Å². The van der Waals surface area contributed by atoms with Crippen LogP contribution in [0.4, 0.5) is 30.5 Å². The molecule has 7 nitrogen and oxygen atoms in total. The number of anilines is 3. The molecule has 0 aliphatic rings. The lowest BCUT2D eigenvalue weighted by molar-refractivity contribution is -0.137. The number of alkyl halides is 3. The summed E-state index contributed by atoms with van der Waals surface area (Å²) >= 11 is 0. The fourth-order valence-electron chi connectivity index (χ4n) is 3.97. The SMILES string of the molecule is Cc1ccn(-c2cc(C(=O)Nc3ccc(C)c(Nc4nccc(-c5cccnc5)n4)c3)cc(C(F)(F)F)c2)c1. The lowest BCUT2D eigenvalue weighted by atomic mass is 10.1. The van der Waals surface area contributed by atoms with Crippen LogP contribution in [0.2, 0.25) is 0 Å². The van der Waals surface area contributed by atoms with Gasteiger partial charge in [0.05, 0.1) is 11.3 Å². The maximum atomic E-state index is 13.6. The highest BCUT2D eigenvalue weighted by molar-refractivity contribution is 6.05. The van der Waals surface area contributed by atoms with E-state index in [0.717, 1.165) is 28.8 Å². The fourth-order valence-corrected chi connectivity index (χ4v) is 3.97. The Labute approximate surface area is 222 Å². The van der Waals surface area contributed by atoms with E-state index >= 15 is 0 Å². The highest BCUT2D eigenvalue weighted by Crippen LogP contribution is 2.32. The summed E-state index contributed by atoms with van der Waals surface area (Å²) in [4.78, 5) is 26.0. The number of hydrogen-bond acceptors (Lipinski definition) is 5. The molecule has 0 radical (unpaired) electrons. The minimum Gasteiger partial charge on any atom is -0.324 e. The fraction of sp³-hybridized carbons (Fsp3) is 0.103. The zero-order chi connectivity index (χ0) is 27.6. The van der Waals surface area contributed by atoms with Gasteiger partial charge in [0.2, 0.25) is 5.95 Å². The molecule has 2 N–H and O–H groups in total. The third kappa shape index (κ3) is 5.96. The molecule has 3 aromatic heterocycles. The van der Waals surface area contributed by atoms with Gasteiger partial charge in [-0.2, -0.15) is 13.2 Å². The quantitative estimate of drug-likeness (QED) is 0.249. The van der Waals surface area contributed by atoms with E-state index in [9.17, 15) is 18.0 Å². The molecule has 0 atom stereocenters. The summed E-state index contributed by atoms with van der Waals surface area (Å²) in [6.45, 7) is 3.71. The molecule has 5 rings (SSSR count). The van der Waals surface area contributed by atoms with Gasteiger partial charge < -0.3 is 15.2 Å². The summed E-state index contributed by atoms with van der Waals surface area (Å²) in [5.41, 5.74) is 3.48. The first-order valence-corrected chi connectivity index (χ1v) is 12.0. The van der Waals surface area contributed by atoms with Gasteiger partial charge in [-0.05, 0) is 79.6 Å². The smallest absolute Gasteiger partial charge is 0.324 e. The monoisotopic (exact) mass is 528 g/mol. The number of nitrogens with zero attached hydrogens (tertiary/aromatic N) is 4. The van der Waals surface area contributed by atoms with Crippen molar-refractivity contribution in [1.82, 2.24) is 19.5 Å². The van der Waals surface area contributed by atoms with E-state index in [1.807, 2.05) is 26.0 Å². The van der Waals surface area contributed by atoms with Crippen LogP contribution in [0, 0.1) is 13.8 Å². The highest BCUT2D eigenvalue weighted by Gasteiger charge is 2.32. The summed E-state index contributed by atoms with van der Waals surface area (Å²) in [6.07, 6.45) is 3.73. The maximum Gasteiger partial charge on any atom is 0.416 e. The second-order valence-electron chi connectivity index (χ2n) is 8.98. The number of nitrogens with one attached hydrogen (secondary N) is 2. The number of pyridine rings is 1. The number of aromatic nitrogens is 4. The molecule has 0 aliphatic heterocycles. The van der Waals surface area contributed by atoms with Gasteiger partial charge in [0, 0.05) is 59.2 Å². The van der Waals surface area contributed by atoms with Crippen LogP contribution in [0.3, 0.4) is 0 Å². The number of hydrogen-bond donors (Lipinski definition) is 2. The molecule has 196 valence electrons. The lowest BCUT2D eigenvalue weighted by Crippen LogP contribution is -2.15. The Hall–Kier alpha value is -4.99. The topological polar surface area (TPSA) is 84.7 Å². The van der Waals surface area contributed by atoms with E-state index in [1.165, 1.54) is 6.07 Å². The molecule has 5 aromatic rings. The average Bonchev–Trinajstić information content (AvgIpc) is 3.37. The summed E-state index contributed by atoms with van der Waals surface area (Å²) in [5, 5.41) is 5.86. The van der Waals surface area contributed by atoms with Crippen molar-refractivity contribution >= 4 is 23.2 Å². The van der Waals surface area contributed by atoms with Crippen molar-refractivity contribution < 1.29 is 18.0 Å². The van der Waals surface area contributed by atoms with Gasteiger partial charge in [-0.3, -0.25) is 9.78 Å². The van der Waals surface area contributed by atoms with Crippen LogP contribution in [0.15, 0.2) is 91.6 Å². The van der Waals surface area contributed by atoms with Crippen molar-refractivity contribution in [2.24, 2.45) is 0 Å². The molecule has 2 aromatic carbocycles. The Morgan fingerprint density at radius 2 is 1.82 bits per heavy atom. The normalized spacial score (nSPS) is 11.3. The molecule has 0 spiro atoms. The first kappa shape index (κ1) is 25.7. The van der Waals surface area contributed by atoms with Crippen molar-refractivity contribution in [3.63, 3.8) is 0 Å². The average molecular weight is 529 g/mol. The van der Waals surface area contributed by atoms with Crippen LogP contribution in [0.1, 0.15) is 27.0 Å². The van der Waals surface area contributed by atoms with Crippen LogP contribution in [0.5, 0.6) is 0 Å². The number of carbonyl (C=O) groups excluding carboxylic acids is 1. The van der Waals surface area contributed by atoms with Gasteiger partial charge in [0.25, 0.3) is 5.91 Å². The molecule has 1 amide bonds. The van der Waals surface area contributed by atoms with E-state index in [0.29, 0.717) is 23.0 Å². The summed E-state index contributed by atoms with van der Waals surface area (Å²) < 4.78 is 42.5. The summed E-state index contributed by atoms with van der Waals surface area (Å²) in [5.74, 6) is -0.330. The molecule has 39 heavy (non-hydrogen) atoms. The van der Waals surface area contributed by atoms with E-state index in [2.05, 4.69) is 25.6 Å². The molecule has 10 heteroatoms. The number of rotatable bonds is 6. The zero-order valence-corrected chi connectivity index (χ0v) is 21.0. The number of halogens is 3. The Balaban J connectivity index is 1.40. The number of aryl methyl sites for hydroxylation is 2. The van der Waals surface area contributed by atoms with Crippen LogP contribution < -0.4 is 10.6 Å². The minimum atomic E-state index is -4.61. The molecule has 3 heterocycles. The zero-order valence-electron chi connectivity index (χ0n) is 21.0. The van der Waals surface area contributed by atoms with Gasteiger partial charge in [0.15, 0.2) is 0 Å². The number of benzene rings is 2. The first-order valence-electron chi connectivity index (χ1n) is 12.0. The molecule has 0 aliphatic carbocycles. The van der Waals surface area contributed by atoms with Crippen LogP contribution in [-0.4, -0.2) is 25.4 Å². The van der Waals surface area contributed by atoms with Gasteiger partial charge in [-0.15, -0.1) is 0 Å². The molecule has 0 saturated heterocycles. The predicted octanol–water partition coefficient (Wildman–Crippen LogP) is 6.96. The summed E-state index contributed by atoms with van der Waals surface area (Å²) in [7, 11) is 0. The lowest BCUT2D eigenvalue weighted by Gasteiger charge is -2.14. The van der Waals surface area contributed by atoms with E-state index in [-0.39, 0.29) is 11.3 Å². The predicted molar refractivity (Wildman–Crippen MR) is 143 cm³/mol.